The highest BCUT2D eigenvalue weighted by Crippen LogP contribution is 2.59. The number of esters is 4. The molecule has 0 spiro atoms. The van der Waals surface area contributed by atoms with E-state index in [1.807, 2.05) is 0 Å². The smallest absolute Gasteiger partial charge is 0.405 e. The highest BCUT2D eigenvalue weighted by atomic mass is 32.2. The lowest BCUT2D eigenvalue weighted by molar-refractivity contribution is -0.197. The van der Waals surface area contributed by atoms with Gasteiger partial charge >= 0.3 is 39.2 Å². The average Bonchev–Trinajstić information content (AvgIpc) is 3.40. The van der Waals surface area contributed by atoms with Gasteiger partial charge in [0.25, 0.3) is 0 Å². The molecule has 8 atom stereocenters. The number of hydrogen-bond donors (Lipinski definition) is 1. The van der Waals surface area contributed by atoms with Crippen molar-refractivity contribution in [3.63, 3.8) is 0 Å². The number of alkyl halides is 2. The lowest BCUT2D eigenvalue weighted by Gasteiger charge is -2.31. The summed E-state index contributed by atoms with van der Waals surface area (Å²) in [5.41, 5.74) is 0. The summed E-state index contributed by atoms with van der Waals surface area (Å²) in [5, 5.41) is -4.74. The van der Waals surface area contributed by atoms with E-state index in [9.17, 15) is 36.4 Å². The van der Waals surface area contributed by atoms with E-state index in [0.717, 1.165) is 0 Å². The van der Waals surface area contributed by atoms with Crippen LogP contribution in [0.15, 0.2) is 0 Å². The van der Waals surface area contributed by atoms with Gasteiger partial charge in [-0.2, -0.15) is 17.2 Å². The zero-order valence-corrected chi connectivity index (χ0v) is 21.4. The quantitative estimate of drug-likeness (QED) is 0.159. The molecule has 1 heterocycles. The van der Waals surface area contributed by atoms with Gasteiger partial charge in [-0.1, -0.05) is 13.8 Å². The maximum absolute atomic E-state index is 13.5. The fourth-order valence-electron chi connectivity index (χ4n) is 5.14. The van der Waals surface area contributed by atoms with Crippen LogP contribution in [0.1, 0.15) is 47.0 Å². The minimum Gasteiger partial charge on any atom is -0.458 e. The van der Waals surface area contributed by atoms with E-state index in [0.29, 0.717) is 20.0 Å². The van der Waals surface area contributed by atoms with E-state index in [4.69, 9.17) is 23.5 Å². The Morgan fingerprint density at radius 3 is 2.30 bits per heavy atom. The van der Waals surface area contributed by atoms with Gasteiger partial charge in [-0.25, -0.2) is 0 Å². The number of carbonyl (C=O) groups is 4. The topological polar surface area (TPSA) is 169 Å². The molecule has 3 fully saturated rings. The van der Waals surface area contributed by atoms with Crippen LogP contribution in [0.4, 0.5) is 8.78 Å². The van der Waals surface area contributed by atoms with Gasteiger partial charge in [0.1, 0.15) is 12.2 Å². The second-order valence-corrected chi connectivity index (χ2v) is 11.1. The zero-order chi connectivity index (χ0) is 27.9. The monoisotopic (exact) mass is 556 g/mol. The van der Waals surface area contributed by atoms with Crippen molar-refractivity contribution in [1.82, 2.24) is 0 Å². The second kappa shape index (κ2) is 10.8. The molecule has 15 heteroatoms. The summed E-state index contributed by atoms with van der Waals surface area (Å²) in [4.78, 5) is 49.7. The standard InChI is InChI=1S/C22H30F2O12S/c1-5-32-21(9(2)3)36-20(28)16-11-8-12-15(16)19(27)35-18(12)17(11)34-14(26)7-6-13(25)33-10(4)22(23,24)37(29,30)31/h9-12,15-18,21H,5-8H2,1-4H3,(H,29,30,31). The first-order valence-electron chi connectivity index (χ1n) is 11.9. The summed E-state index contributed by atoms with van der Waals surface area (Å²) < 4.78 is 83.2. The van der Waals surface area contributed by atoms with Gasteiger partial charge in [0.15, 0.2) is 6.10 Å². The molecule has 0 aromatic carbocycles. The maximum atomic E-state index is 13.5. The lowest BCUT2D eigenvalue weighted by Crippen LogP contribution is -2.45. The Morgan fingerprint density at radius 1 is 1.11 bits per heavy atom. The minimum atomic E-state index is -5.83. The highest BCUT2D eigenvalue weighted by molar-refractivity contribution is 7.86. The number of rotatable bonds is 12. The Hall–Kier alpha value is -2.39. The van der Waals surface area contributed by atoms with Crippen LogP contribution in [0, 0.1) is 29.6 Å². The summed E-state index contributed by atoms with van der Waals surface area (Å²) >= 11 is 0. The molecule has 2 bridgehead atoms. The molecule has 2 aliphatic carbocycles. The Labute approximate surface area is 212 Å². The van der Waals surface area contributed by atoms with Crippen molar-refractivity contribution >= 4 is 34.0 Å². The van der Waals surface area contributed by atoms with Crippen molar-refractivity contribution < 1.29 is 64.6 Å². The number of carbonyl (C=O) groups excluding carboxylic acids is 4. The van der Waals surface area contributed by atoms with Crippen molar-refractivity contribution in [1.29, 1.82) is 0 Å². The van der Waals surface area contributed by atoms with Crippen LogP contribution in [-0.2, 0) is 53.0 Å². The van der Waals surface area contributed by atoms with Crippen LogP contribution < -0.4 is 0 Å². The van der Waals surface area contributed by atoms with Gasteiger partial charge in [0.2, 0.25) is 6.29 Å². The molecular weight excluding hydrogens is 526 g/mol. The molecule has 1 N–H and O–H groups in total. The summed E-state index contributed by atoms with van der Waals surface area (Å²) in [7, 11) is -5.83. The zero-order valence-electron chi connectivity index (χ0n) is 20.6. The molecule has 3 aliphatic rings. The highest BCUT2D eigenvalue weighted by Gasteiger charge is 2.70. The lowest BCUT2D eigenvalue weighted by atomic mass is 9.78. The predicted molar refractivity (Wildman–Crippen MR) is 116 cm³/mol. The van der Waals surface area contributed by atoms with Crippen LogP contribution in [0.5, 0.6) is 0 Å². The van der Waals surface area contributed by atoms with E-state index >= 15 is 0 Å². The Morgan fingerprint density at radius 2 is 1.73 bits per heavy atom. The molecule has 0 amide bonds. The third-order valence-corrected chi connectivity index (χ3v) is 7.87. The summed E-state index contributed by atoms with van der Waals surface area (Å²) in [6.07, 6.45) is -6.03. The molecule has 0 aromatic rings. The van der Waals surface area contributed by atoms with Crippen molar-refractivity contribution in [3.8, 4) is 0 Å². The predicted octanol–water partition coefficient (Wildman–Crippen LogP) is 1.46. The number of hydrogen-bond acceptors (Lipinski definition) is 11. The molecule has 2 saturated carbocycles. The first-order chi connectivity index (χ1) is 17.1. The number of ether oxygens (including phenoxy) is 5. The van der Waals surface area contributed by atoms with Gasteiger partial charge < -0.3 is 23.7 Å². The summed E-state index contributed by atoms with van der Waals surface area (Å²) in [6, 6.07) is 0. The van der Waals surface area contributed by atoms with Gasteiger partial charge in [-0.3, -0.25) is 23.7 Å². The fraction of sp³-hybridized carbons (Fsp3) is 0.818. The average molecular weight is 557 g/mol. The van der Waals surface area contributed by atoms with E-state index < -0.39 is 94.4 Å². The van der Waals surface area contributed by atoms with Crippen LogP contribution in [0.2, 0.25) is 0 Å². The van der Waals surface area contributed by atoms with E-state index in [1.54, 1.807) is 20.8 Å². The third-order valence-electron chi connectivity index (χ3n) is 6.85. The van der Waals surface area contributed by atoms with Crippen LogP contribution in [0.25, 0.3) is 0 Å². The number of fused-ring (bicyclic) bond motifs is 1. The van der Waals surface area contributed by atoms with Crippen molar-refractivity contribution in [2.45, 2.75) is 76.8 Å². The van der Waals surface area contributed by atoms with Gasteiger partial charge in [0, 0.05) is 24.4 Å². The first kappa shape index (κ1) is 29.2. The summed E-state index contributed by atoms with van der Waals surface area (Å²) in [6.45, 7) is 6.21. The van der Waals surface area contributed by atoms with Crippen LogP contribution >= 0.6 is 0 Å². The van der Waals surface area contributed by atoms with Gasteiger partial charge in [-0.15, -0.1) is 0 Å². The van der Waals surface area contributed by atoms with Crippen molar-refractivity contribution in [3.05, 3.63) is 0 Å². The van der Waals surface area contributed by atoms with E-state index in [-0.39, 0.29) is 11.8 Å². The van der Waals surface area contributed by atoms with E-state index in [1.165, 1.54) is 0 Å². The van der Waals surface area contributed by atoms with Crippen molar-refractivity contribution in [2.24, 2.45) is 29.6 Å². The Kier molecular flexibility index (Phi) is 8.49. The molecule has 1 aliphatic heterocycles. The van der Waals surface area contributed by atoms with Gasteiger partial charge in [-0.05, 0) is 20.3 Å². The van der Waals surface area contributed by atoms with E-state index in [2.05, 4.69) is 4.74 Å². The largest absolute Gasteiger partial charge is 0.458 e. The molecule has 0 aromatic heterocycles. The van der Waals surface area contributed by atoms with Crippen molar-refractivity contribution in [2.75, 3.05) is 6.61 Å². The molecule has 12 nitrogen and oxygen atoms in total. The molecule has 37 heavy (non-hydrogen) atoms. The third kappa shape index (κ3) is 5.72. The van der Waals surface area contributed by atoms with Crippen LogP contribution in [0.3, 0.4) is 0 Å². The number of halogens is 2. The molecule has 210 valence electrons. The van der Waals surface area contributed by atoms with Gasteiger partial charge in [0.05, 0.1) is 24.7 Å². The molecular formula is C22H30F2O12S. The maximum Gasteiger partial charge on any atom is 0.405 e. The minimum absolute atomic E-state index is 0.153. The molecule has 0 radical (unpaired) electrons. The summed E-state index contributed by atoms with van der Waals surface area (Å²) in [5.74, 6) is -6.25. The normalized spacial score (nSPS) is 30.1. The Balaban J connectivity index is 1.60. The Bertz CT molecular complexity index is 1030. The molecule has 3 rings (SSSR count). The molecule has 1 saturated heterocycles. The SMILES string of the molecule is CCOC(OC(=O)C1C2CC3C(OC(=O)C31)C2OC(=O)CCC(=O)OC(C)C(F)(F)S(=O)(=O)O)C(C)C. The first-order valence-corrected chi connectivity index (χ1v) is 13.3. The molecule has 8 unspecified atom stereocenters. The second-order valence-electron chi connectivity index (χ2n) is 9.64. The van der Waals surface area contributed by atoms with Crippen LogP contribution in [-0.4, -0.2) is 73.3 Å². The fourth-order valence-corrected chi connectivity index (χ4v) is 5.61.